The summed E-state index contributed by atoms with van der Waals surface area (Å²) in [5.74, 6) is -4.29. The SMILES string of the molecule is O=C(CCOCCNc1cccc2c1C(=O)N(C1CCC(=O)NC1=O)C2=O)NC(=O)Nc1ccc(N(C(=O)CCl)C(C(=O)NCCc2ccccc2)c2cccs2)cc1. The van der Waals surface area contributed by atoms with E-state index in [0.29, 0.717) is 34.9 Å². The first-order valence-corrected chi connectivity index (χ1v) is 20.1. The number of hydrogen-bond donors (Lipinski definition) is 5. The van der Waals surface area contributed by atoms with Crippen molar-refractivity contribution in [3.63, 3.8) is 0 Å². The Kier molecular flexibility index (Phi) is 14.2. The van der Waals surface area contributed by atoms with Gasteiger partial charge in [0, 0.05) is 41.4 Å². The Morgan fingerprint density at radius 2 is 1.68 bits per heavy atom. The van der Waals surface area contributed by atoms with Crippen LogP contribution < -0.4 is 31.5 Å². The molecule has 5 N–H and O–H groups in total. The molecule has 0 spiro atoms. The normalized spacial score (nSPS) is 15.2. The summed E-state index contributed by atoms with van der Waals surface area (Å²) in [6.45, 7) is 0.640. The fraction of sp³-hybridized carbons (Fsp3) is 0.268. The standard InChI is InChI=1S/C41H40ClN7O9S/c42-24-34(52)48(36(31-10-5-23-59-31)38(54)44-19-17-25-6-2-1-3-7-25)27-13-11-26(12-14-27)45-41(57)47-33(51)18-21-58-22-20-43-29-9-4-8-28-35(29)40(56)49(39(28)55)30-15-16-32(50)46-37(30)53/h1-14,23,30,36,43H,15-22,24H2,(H,44,54)(H,46,50,53)(H2,45,47,51,57). The maximum atomic E-state index is 13.6. The van der Waals surface area contributed by atoms with Gasteiger partial charge in [0.2, 0.25) is 29.5 Å². The van der Waals surface area contributed by atoms with E-state index in [4.69, 9.17) is 16.3 Å². The van der Waals surface area contributed by atoms with Gasteiger partial charge in [0.25, 0.3) is 11.8 Å². The minimum atomic E-state index is -1.08. The van der Waals surface area contributed by atoms with Gasteiger partial charge in [0.1, 0.15) is 18.0 Å². The molecule has 0 radical (unpaired) electrons. The van der Waals surface area contributed by atoms with Crippen molar-refractivity contribution >= 4 is 87.4 Å². The molecule has 16 nitrogen and oxygen atoms in total. The molecular formula is C41H40ClN7O9S. The van der Waals surface area contributed by atoms with E-state index in [-0.39, 0.29) is 61.9 Å². The lowest BCUT2D eigenvalue weighted by molar-refractivity contribution is -0.136. The van der Waals surface area contributed by atoms with E-state index in [1.54, 1.807) is 36.4 Å². The molecule has 3 heterocycles. The fourth-order valence-corrected chi connectivity index (χ4v) is 7.58. The lowest BCUT2D eigenvalue weighted by Gasteiger charge is -2.30. The molecule has 3 aromatic carbocycles. The van der Waals surface area contributed by atoms with Gasteiger partial charge >= 0.3 is 6.03 Å². The summed E-state index contributed by atoms with van der Waals surface area (Å²) in [5.41, 5.74) is 2.35. The number of nitrogens with one attached hydrogen (secondary N) is 5. The second-order valence-electron chi connectivity index (χ2n) is 13.4. The van der Waals surface area contributed by atoms with Crippen molar-refractivity contribution in [2.45, 2.75) is 37.8 Å². The van der Waals surface area contributed by atoms with Gasteiger partial charge in [-0.3, -0.25) is 54.0 Å². The van der Waals surface area contributed by atoms with Crippen LogP contribution in [0.5, 0.6) is 0 Å². The molecule has 0 aliphatic carbocycles. The van der Waals surface area contributed by atoms with Gasteiger partial charge in [0.05, 0.1) is 30.8 Å². The highest BCUT2D eigenvalue weighted by molar-refractivity contribution is 7.10. The maximum Gasteiger partial charge on any atom is 0.325 e. The van der Waals surface area contributed by atoms with Crippen LogP contribution in [0, 0.1) is 0 Å². The monoisotopic (exact) mass is 841 g/mol. The second-order valence-corrected chi connectivity index (χ2v) is 14.6. The van der Waals surface area contributed by atoms with Gasteiger partial charge in [0.15, 0.2) is 0 Å². The molecule has 2 atom stereocenters. The molecule has 2 aliphatic heterocycles. The van der Waals surface area contributed by atoms with Crippen LogP contribution in [0.2, 0.25) is 0 Å². The maximum absolute atomic E-state index is 13.6. The van der Waals surface area contributed by atoms with Crippen LogP contribution >= 0.6 is 22.9 Å². The predicted octanol–water partition coefficient (Wildman–Crippen LogP) is 3.99. The smallest absolute Gasteiger partial charge is 0.325 e. The summed E-state index contributed by atoms with van der Waals surface area (Å²) in [6, 6.07) is 21.3. The number of thiophene rings is 1. The van der Waals surface area contributed by atoms with E-state index >= 15 is 0 Å². The van der Waals surface area contributed by atoms with E-state index in [1.165, 1.54) is 34.4 Å². The largest absolute Gasteiger partial charge is 0.382 e. The number of urea groups is 1. The molecule has 6 rings (SSSR count). The number of anilines is 3. The van der Waals surface area contributed by atoms with Gasteiger partial charge in [-0.2, -0.15) is 0 Å². The summed E-state index contributed by atoms with van der Waals surface area (Å²) >= 11 is 7.34. The summed E-state index contributed by atoms with van der Waals surface area (Å²) in [4.78, 5) is 105. The number of fused-ring (bicyclic) bond motifs is 1. The van der Waals surface area contributed by atoms with Crippen LogP contribution in [0.15, 0.2) is 90.3 Å². The number of nitrogens with zero attached hydrogens (tertiary/aromatic N) is 2. The molecular weight excluding hydrogens is 802 g/mol. The highest BCUT2D eigenvalue weighted by atomic mass is 35.5. The molecule has 18 heteroatoms. The minimum Gasteiger partial charge on any atom is -0.382 e. The Morgan fingerprint density at radius 3 is 2.39 bits per heavy atom. The third-order valence-electron chi connectivity index (χ3n) is 9.42. The van der Waals surface area contributed by atoms with Crippen molar-refractivity contribution < 1.29 is 43.1 Å². The number of imide groups is 3. The van der Waals surface area contributed by atoms with Gasteiger partial charge in [-0.25, -0.2) is 4.79 Å². The van der Waals surface area contributed by atoms with Gasteiger partial charge in [-0.1, -0.05) is 42.5 Å². The fourth-order valence-electron chi connectivity index (χ4n) is 6.64. The number of hydrogen-bond acceptors (Lipinski definition) is 11. The van der Waals surface area contributed by atoms with Crippen LogP contribution in [-0.4, -0.2) is 90.5 Å². The number of halogens is 1. The van der Waals surface area contributed by atoms with Crippen LogP contribution in [0.3, 0.4) is 0 Å². The van der Waals surface area contributed by atoms with Crippen molar-refractivity contribution in [2.75, 3.05) is 47.7 Å². The minimum absolute atomic E-state index is 0.0128. The average molecular weight is 842 g/mol. The third-order valence-corrected chi connectivity index (χ3v) is 10.6. The number of piperidine rings is 1. The zero-order chi connectivity index (χ0) is 41.9. The molecule has 0 saturated carbocycles. The number of ether oxygens (including phenoxy) is 1. The molecule has 2 unspecified atom stereocenters. The molecule has 9 amide bonds. The lowest BCUT2D eigenvalue weighted by atomic mass is 10.0. The first-order chi connectivity index (χ1) is 28.5. The molecule has 59 heavy (non-hydrogen) atoms. The number of amides is 9. The van der Waals surface area contributed by atoms with Crippen molar-refractivity contribution in [2.24, 2.45) is 0 Å². The van der Waals surface area contributed by atoms with Gasteiger partial charge in [-0.05, 0) is 66.2 Å². The zero-order valence-electron chi connectivity index (χ0n) is 31.5. The quantitative estimate of drug-likeness (QED) is 0.0586. The lowest BCUT2D eigenvalue weighted by Crippen LogP contribution is -2.54. The van der Waals surface area contributed by atoms with Crippen LogP contribution in [0.1, 0.15) is 56.5 Å². The molecule has 1 saturated heterocycles. The molecule has 0 bridgehead atoms. The van der Waals surface area contributed by atoms with E-state index < -0.39 is 53.6 Å². The summed E-state index contributed by atoms with van der Waals surface area (Å²) in [7, 11) is 0. The van der Waals surface area contributed by atoms with Gasteiger partial charge < -0.3 is 20.7 Å². The molecule has 4 aromatic rings. The third kappa shape index (κ3) is 10.4. The number of carbonyl (C=O) groups is 8. The Bertz CT molecular complexity index is 2220. The number of alkyl halides is 1. The van der Waals surface area contributed by atoms with Crippen molar-refractivity contribution in [1.82, 2.24) is 20.9 Å². The average Bonchev–Trinajstić information content (AvgIpc) is 3.85. The second kappa shape index (κ2) is 19.8. The number of benzene rings is 3. The topological polar surface area (TPSA) is 212 Å². The van der Waals surface area contributed by atoms with E-state index in [9.17, 15) is 38.4 Å². The summed E-state index contributed by atoms with van der Waals surface area (Å²) in [6.07, 6.45) is 0.514. The van der Waals surface area contributed by atoms with Crippen LogP contribution in [0.4, 0.5) is 21.9 Å². The Labute approximate surface area is 347 Å². The molecule has 2 aliphatic rings. The zero-order valence-corrected chi connectivity index (χ0v) is 33.1. The Morgan fingerprint density at radius 1 is 0.898 bits per heavy atom. The summed E-state index contributed by atoms with van der Waals surface area (Å²) < 4.78 is 5.53. The Balaban J connectivity index is 0.957. The molecule has 1 fully saturated rings. The van der Waals surface area contributed by atoms with Gasteiger partial charge in [-0.15, -0.1) is 22.9 Å². The number of rotatable bonds is 17. The highest BCUT2D eigenvalue weighted by Crippen LogP contribution is 2.33. The first kappa shape index (κ1) is 42.2. The summed E-state index contributed by atoms with van der Waals surface area (Å²) in [5, 5.41) is 14.8. The van der Waals surface area contributed by atoms with Crippen LogP contribution in [0.25, 0.3) is 0 Å². The van der Waals surface area contributed by atoms with Crippen LogP contribution in [-0.2, 0) is 35.1 Å². The van der Waals surface area contributed by atoms with E-state index in [2.05, 4.69) is 26.6 Å². The predicted molar refractivity (Wildman–Crippen MR) is 219 cm³/mol. The number of carbonyl (C=O) groups excluding carboxylic acids is 8. The Hall–Kier alpha value is -6.43. The first-order valence-electron chi connectivity index (χ1n) is 18.7. The van der Waals surface area contributed by atoms with E-state index in [1.807, 2.05) is 35.7 Å². The van der Waals surface area contributed by atoms with Crippen molar-refractivity contribution in [1.29, 1.82) is 0 Å². The highest BCUT2D eigenvalue weighted by Gasteiger charge is 2.45. The molecule has 306 valence electrons. The van der Waals surface area contributed by atoms with Crippen molar-refractivity contribution in [3.8, 4) is 0 Å². The van der Waals surface area contributed by atoms with Crippen molar-refractivity contribution in [3.05, 3.63) is 112 Å². The molecule has 1 aromatic heterocycles. The van der Waals surface area contributed by atoms with E-state index in [0.717, 1.165) is 10.5 Å².